The van der Waals surface area contributed by atoms with Crippen LogP contribution in [0.3, 0.4) is 0 Å². The van der Waals surface area contributed by atoms with Crippen LogP contribution in [0.1, 0.15) is 30.7 Å². The highest BCUT2D eigenvalue weighted by molar-refractivity contribution is 5.07. The lowest BCUT2D eigenvalue weighted by atomic mass is 9.80. The Kier molecular flexibility index (Phi) is 3.96. The largest absolute Gasteiger partial charge is 0.380 e. The molecule has 3 fully saturated rings. The van der Waals surface area contributed by atoms with Gasteiger partial charge in [0.05, 0.1) is 18.9 Å². The van der Waals surface area contributed by atoms with E-state index in [9.17, 15) is 0 Å². The van der Waals surface area contributed by atoms with E-state index in [1.807, 2.05) is 6.92 Å². The molecule has 0 saturated carbocycles. The van der Waals surface area contributed by atoms with Gasteiger partial charge in [-0.25, -0.2) is 0 Å². The third-order valence-electron chi connectivity index (χ3n) is 5.64. The minimum atomic E-state index is 0.343. The second-order valence-electron chi connectivity index (χ2n) is 7.51. The number of aryl methyl sites for hydroxylation is 1. The number of hydrogen-bond donors (Lipinski definition) is 0. The summed E-state index contributed by atoms with van der Waals surface area (Å²) in [5, 5.41) is 4.15. The lowest BCUT2D eigenvalue weighted by Crippen LogP contribution is -2.45. The maximum Gasteiger partial charge on any atom is 0.133 e. The van der Waals surface area contributed by atoms with Crippen LogP contribution in [0.5, 0.6) is 0 Å². The molecule has 0 aliphatic carbocycles. The molecule has 4 rings (SSSR count). The Morgan fingerprint density at radius 1 is 1.27 bits per heavy atom. The second-order valence-corrected chi connectivity index (χ2v) is 7.51. The summed E-state index contributed by atoms with van der Waals surface area (Å²) < 4.78 is 11.1. The van der Waals surface area contributed by atoms with Crippen molar-refractivity contribution in [2.24, 2.45) is 11.3 Å². The highest BCUT2D eigenvalue weighted by Crippen LogP contribution is 2.42. The number of aromatic nitrogens is 1. The first-order valence-electron chi connectivity index (χ1n) is 8.68. The van der Waals surface area contributed by atoms with Crippen LogP contribution in [0.2, 0.25) is 0 Å². The highest BCUT2D eigenvalue weighted by Gasteiger charge is 2.51. The Bertz CT molecular complexity index is 512. The molecule has 3 saturated heterocycles. The monoisotopic (exact) mass is 305 g/mol. The van der Waals surface area contributed by atoms with Gasteiger partial charge in [0.2, 0.25) is 0 Å². The van der Waals surface area contributed by atoms with E-state index in [1.165, 1.54) is 38.9 Å². The molecule has 1 aromatic rings. The summed E-state index contributed by atoms with van der Waals surface area (Å²) >= 11 is 0. The third kappa shape index (κ3) is 2.82. The molecule has 2 atom stereocenters. The minimum absolute atomic E-state index is 0.343. The van der Waals surface area contributed by atoms with E-state index in [2.05, 4.69) is 21.0 Å². The Hall–Kier alpha value is -0.910. The Morgan fingerprint density at radius 2 is 2.14 bits per heavy atom. The molecule has 0 radical (unpaired) electrons. The molecule has 122 valence electrons. The van der Waals surface area contributed by atoms with Crippen LogP contribution in [-0.4, -0.2) is 60.9 Å². The van der Waals surface area contributed by atoms with E-state index >= 15 is 0 Å². The SMILES string of the molecule is Cc1cc(CN2C[C@H]3COC[C@@]3(CN3CCCCC3)C2)no1. The van der Waals surface area contributed by atoms with Crippen LogP contribution in [0.15, 0.2) is 10.6 Å². The van der Waals surface area contributed by atoms with E-state index in [1.54, 1.807) is 0 Å². The van der Waals surface area contributed by atoms with Crippen LogP contribution in [0.25, 0.3) is 0 Å². The average molecular weight is 305 g/mol. The molecule has 0 aromatic carbocycles. The Morgan fingerprint density at radius 3 is 2.91 bits per heavy atom. The number of nitrogens with zero attached hydrogens (tertiary/aromatic N) is 3. The first-order chi connectivity index (χ1) is 10.7. The van der Waals surface area contributed by atoms with Crippen molar-refractivity contribution >= 4 is 0 Å². The molecule has 0 unspecified atom stereocenters. The molecular formula is C17H27N3O2. The highest BCUT2D eigenvalue weighted by atomic mass is 16.5. The van der Waals surface area contributed by atoms with Gasteiger partial charge in [-0.05, 0) is 32.9 Å². The first kappa shape index (κ1) is 14.7. The van der Waals surface area contributed by atoms with Gasteiger partial charge in [0.1, 0.15) is 5.76 Å². The number of piperidine rings is 1. The maximum atomic E-state index is 5.87. The zero-order chi connectivity index (χ0) is 15.0. The van der Waals surface area contributed by atoms with Crippen LogP contribution >= 0.6 is 0 Å². The van der Waals surface area contributed by atoms with Crippen molar-refractivity contribution in [1.82, 2.24) is 15.0 Å². The molecule has 5 nitrogen and oxygen atoms in total. The normalized spacial score (nSPS) is 33.4. The molecule has 22 heavy (non-hydrogen) atoms. The molecule has 4 heterocycles. The zero-order valence-corrected chi connectivity index (χ0v) is 13.6. The zero-order valence-electron chi connectivity index (χ0n) is 13.6. The molecule has 3 aliphatic heterocycles. The standard InChI is InChI=1S/C17H27N3O2/c1-14-7-16(18-22-14)9-20-8-15-10-21-13-17(15,12-20)11-19-5-3-2-4-6-19/h7,15H,2-6,8-13H2,1H3/t15-,17+/m0/s1. The minimum Gasteiger partial charge on any atom is -0.380 e. The smallest absolute Gasteiger partial charge is 0.133 e. The van der Waals surface area contributed by atoms with Gasteiger partial charge in [-0.1, -0.05) is 11.6 Å². The second kappa shape index (κ2) is 5.95. The van der Waals surface area contributed by atoms with Gasteiger partial charge in [-0.3, -0.25) is 4.90 Å². The summed E-state index contributed by atoms with van der Waals surface area (Å²) in [5.41, 5.74) is 1.40. The summed E-state index contributed by atoms with van der Waals surface area (Å²) in [5.74, 6) is 1.59. The molecule has 3 aliphatic rings. The molecule has 0 N–H and O–H groups in total. The summed E-state index contributed by atoms with van der Waals surface area (Å²) in [7, 11) is 0. The molecular weight excluding hydrogens is 278 g/mol. The Balaban J connectivity index is 1.42. The quantitative estimate of drug-likeness (QED) is 0.850. The summed E-state index contributed by atoms with van der Waals surface area (Å²) in [6.07, 6.45) is 4.13. The molecule has 0 amide bonds. The number of hydrogen-bond acceptors (Lipinski definition) is 5. The van der Waals surface area contributed by atoms with Crippen LogP contribution in [0, 0.1) is 18.3 Å². The predicted octanol–water partition coefficient (Wildman–Crippen LogP) is 1.92. The van der Waals surface area contributed by atoms with Crippen molar-refractivity contribution < 1.29 is 9.26 Å². The lowest BCUT2D eigenvalue weighted by Gasteiger charge is -2.36. The fourth-order valence-corrected chi connectivity index (χ4v) is 4.57. The number of ether oxygens (including phenoxy) is 1. The van der Waals surface area contributed by atoms with Crippen molar-refractivity contribution in [3.8, 4) is 0 Å². The van der Waals surface area contributed by atoms with Gasteiger partial charge < -0.3 is 14.2 Å². The van der Waals surface area contributed by atoms with Crippen LogP contribution < -0.4 is 0 Å². The molecule has 1 aromatic heterocycles. The van der Waals surface area contributed by atoms with E-state index in [0.717, 1.165) is 44.3 Å². The summed E-state index contributed by atoms with van der Waals surface area (Å²) in [6, 6.07) is 2.06. The van der Waals surface area contributed by atoms with E-state index in [-0.39, 0.29) is 0 Å². The number of rotatable bonds is 4. The fourth-order valence-electron chi connectivity index (χ4n) is 4.57. The van der Waals surface area contributed by atoms with Crippen molar-refractivity contribution in [2.45, 2.75) is 32.7 Å². The van der Waals surface area contributed by atoms with Crippen LogP contribution in [0.4, 0.5) is 0 Å². The first-order valence-corrected chi connectivity index (χ1v) is 8.68. The van der Waals surface area contributed by atoms with Crippen molar-refractivity contribution in [2.75, 3.05) is 45.9 Å². The van der Waals surface area contributed by atoms with Crippen LogP contribution in [-0.2, 0) is 11.3 Å². The predicted molar refractivity (Wildman–Crippen MR) is 83.6 cm³/mol. The maximum absolute atomic E-state index is 5.87. The van der Waals surface area contributed by atoms with Gasteiger partial charge in [-0.15, -0.1) is 0 Å². The van der Waals surface area contributed by atoms with Crippen molar-refractivity contribution in [1.29, 1.82) is 0 Å². The van der Waals surface area contributed by atoms with Gasteiger partial charge in [0, 0.05) is 43.6 Å². The number of fused-ring (bicyclic) bond motifs is 1. The van der Waals surface area contributed by atoms with Gasteiger partial charge >= 0.3 is 0 Å². The fraction of sp³-hybridized carbons (Fsp3) is 0.824. The van der Waals surface area contributed by atoms with E-state index < -0.39 is 0 Å². The van der Waals surface area contributed by atoms with Gasteiger partial charge in [0.25, 0.3) is 0 Å². The van der Waals surface area contributed by atoms with Gasteiger partial charge in [-0.2, -0.15) is 0 Å². The van der Waals surface area contributed by atoms with Gasteiger partial charge in [0.15, 0.2) is 0 Å². The van der Waals surface area contributed by atoms with Crippen molar-refractivity contribution in [3.63, 3.8) is 0 Å². The molecule has 5 heteroatoms. The van der Waals surface area contributed by atoms with E-state index in [4.69, 9.17) is 9.26 Å². The van der Waals surface area contributed by atoms with E-state index in [0.29, 0.717) is 11.3 Å². The lowest BCUT2D eigenvalue weighted by molar-refractivity contribution is 0.0861. The topological polar surface area (TPSA) is 41.7 Å². The van der Waals surface area contributed by atoms with Crippen molar-refractivity contribution in [3.05, 3.63) is 17.5 Å². The Labute approximate surface area is 132 Å². The third-order valence-corrected chi connectivity index (χ3v) is 5.64. The number of likely N-dealkylation sites (tertiary alicyclic amines) is 2. The molecule has 0 spiro atoms. The summed E-state index contributed by atoms with van der Waals surface area (Å²) in [4.78, 5) is 5.23. The average Bonchev–Trinajstić information content (AvgIpc) is 3.15. The molecule has 0 bridgehead atoms. The summed E-state index contributed by atoms with van der Waals surface area (Å²) in [6.45, 7) is 10.8.